The third-order valence-corrected chi connectivity index (χ3v) is 4.40. The lowest BCUT2D eigenvalue weighted by Gasteiger charge is -2.28. The maximum atomic E-state index is 12.2. The lowest BCUT2D eigenvalue weighted by atomic mass is 10.1. The second kappa shape index (κ2) is 6.49. The molecule has 0 atom stereocenters. The summed E-state index contributed by atoms with van der Waals surface area (Å²) in [6.07, 6.45) is -0.800. The van der Waals surface area contributed by atoms with Crippen LogP contribution in [0.15, 0.2) is 0 Å². The van der Waals surface area contributed by atoms with Crippen LogP contribution < -0.4 is 0 Å². The quantitative estimate of drug-likeness (QED) is 0.291. The predicted molar refractivity (Wildman–Crippen MR) is 60.0 cm³/mol. The van der Waals surface area contributed by atoms with Gasteiger partial charge in [-0.3, -0.25) is 0 Å². The largest absolute Gasteiger partial charge is 0.523 e. The highest BCUT2D eigenvalue weighted by molar-refractivity contribution is 7.88. The first kappa shape index (κ1) is 21.4. The molecule has 134 valence electrons. The molecule has 0 bridgehead atoms. The Hall–Kier alpha value is -0.600. The smallest absolute Gasteiger partial charge is 0.227 e. The van der Waals surface area contributed by atoms with E-state index in [0.717, 1.165) is 0 Å². The summed E-state index contributed by atoms with van der Waals surface area (Å²) in [7, 11) is -12.7. The molecule has 0 saturated heterocycles. The number of halogens is 6. The predicted octanol–water partition coefficient (Wildman–Crippen LogP) is 2.63. The Morgan fingerprint density at radius 1 is 0.818 bits per heavy atom. The van der Waals surface area contributed by atoms with E-state index in [9.17, 15) is 43.2 Å². The van der Waals surface area contributed by atoms with Crippen molar-refractivity contribution in [2.45, 2.75) is 49.9 Å². The number of unbranched alkanes of at least 4 members (excludes halogenated alkanes) is 1. The van der Waals surface area contributed by atoms with E-state index in [4.69, 9.17) is 0 Å². The molecule has 0 aromatic rings. The first-order chi connectivity index (χ1) is 9.47. The van der Waals surface area contributed by atoms with Gasteiger partial charge in [0.15, 0.2) is 0 Å². The molecular formula is C8H12F6O6S2. The summed E-state index contributed by atoms with van der Waals surface area (Å²) in [6, 6.07) is 0. The van der Waals surface area contributed by atoms with E-state index in [1.807, 2.05) is 0 Å². The summed E-state index contributed by atoms with van der Waals surface area (Å²) < 4.78 is 124. The van der Waals surface area contributed by atoms with Gasteiger partial charge in [0.2, 0.25) is 5.79 Å². The average molecular weight is 382 g/mol. The van der Waals surface area contributed by atoms with E-state index in [0.29, 0.717) is 6.92 Å². The molecule has 0 spiro atoms. The molecule has 0 aliphatic carbocycles. The zero-order chi connectivity index (χ0) is 18.0. The molecule has 14 heteroatoms. The Morgan fingerprint density at radius 3 is 1.36 bits per heavy atom. The van der Waals surface area contributed by atoms with Crippen LogP contribution in [-0.2, 0) is 28.6 Å². The van der Waals surface area contributed by atoms with Crippen LogP contribution in [0.3, 0.4) is 0 Å². The molecule has 6 nitrogen and oxygen atoms in total. The topological polar surface area (TPSA) is 86.7 Å². The van der Waals surface area contributed by atoms with Crippen molar-refractivity contribution in [3.05, 3.63) is 0 Å². The van der Waals surface area contributed by atoms with Crippen molar-refractivity contribution in [2.24, 2.45) is 0 Å². The van der Waals surface area contributed by atoms with Gasteiger partial charge in [-0.15, -0.1) is 0 Å². The third kappa shape index (κ3) is 5.55. The van der Waals surface area contributed by atoms with Crippen LogP contribution in [0.25, 0.3) is 0 Å². The van der Waals surface area contributed by atoms with E-state index >= 15 is 0 Å². The minimum absolute atomic E-state index is 0.156. The normalized spacial score (nSPS) is 15.1. The summed E-state index contributed by atoms with van der Waals surface area (Å²) in [5, 5.41) is 0. The summed E-state index contributed by atoms with van der Waals surface area (Å²) in [4.78, 5) is 0. The van der Waals surface area contributed by atoms with Crippen LogP contribution in [0.2, 0.25) is 0 Å². The van der Waals surface area contributed by atoms with Crippen molar-refractivity contribution in [3.63, 3.8) is 0 Å². The van der Waals surface area contributed by atoms with Gasteiger partial charge < -0.3 is 0 Å². The number of hydrogen-bond donors (Lipinski definition) is 0. The van der Waals surface area contributed by atoms with Gasteiger partial charge in [-0.05, 0) is 13.3 Å². The van der Waals surface area contributed by atoms with Crippen molar-refractivity contribution in [2.75, 3.05) is 0 Å². The summed E-state index contributed by atoms with van der Waals surface area (Å²) in [5.74, 6) is -3.18. The summed E-state index contributed by atoms with van der Waals surface area (Å²) in [5.41, 5.74) is -11.9. The Morgan fingerprint density at radius 2 is 1.14 bits per heavy atom. The molecule has 0 rings (SSSR count). The van der Waals surface area contributed by atoms with Crippen LogP contribution >= 0.6 is 0 Å². The van der Waals surface area contributed by atoms with Crippen molar-refractivity contribution >= 4 is 20.2 Å². The van der Waals surface area contributed by atoms with Gasteiger partial charge in [0, 0.05) is 6.42 Å². The fraction of sp³-hybridized carbons (Fsp3) is 1.00. The number of rotatable bonds is 7. The van der Waals surface area contributed by atoms with E-state index in [1.165, 1.54) is 6.92 Å². The van der Waals surface area contributed by atoms with Crippen molar-refractivity contribution < 1.29 is 51.5 Å². The highest BCUT2D eigenvalue weighted by Gasteiger charge is 2.56. The zero-order valence-corrected chi connectivity index (χ0v) is 12.8. The van der Waals surface area contributed by atoms with E-state index in [2.05, 4.69) is 8.37 Å². The standard InChI is InChI=1S/C8H12F6O6S2/c1-3-4-5-6(2,19-21(15,16)7(9,10)11)20-22(17,18)8(12,13)14/h3-5H2,1-2H3. The van der Waals surface area contributed by atoms with Crippen LogP contribution in [-0.4, -0.2) is 33.6 Å². The molecule has 0 aliphatic rings. The molecule has 22 heavy (non-hydrogen) atoms. The van der Waals surface area contributed by atoms with Crippen molar-refractivity contribution in [1.29, 1.82) is 0 Å². The fourth-order valence-electron chi connectivity index (χ4n) is 1.15. The number of hydrogen-bond acceptors (Lipinski definition) is 6. The van der Waals surface area contributed by atoms with Crippen LogP contribution in [0.1, 0.15) is 33.1 Å². The van der Waals surface area contributed by atoms with E-state index in [1.54, 1.807) is 0 Å². The molecular weight excluding hydrogens is 370 g/mol. The lowest BCUT2D eigenvalue weighted by Crippen LogP contribution is -2.43. The van der Waals surface area contributed by atoms with Crippen molar-refractivity contribution in [1.82, 2.24) is 0 Å². The van der Waals surface area contributed by atoms with E-state index in [-0.39, 0.29) is 12.8 Å². The van der Waals surface area contributed by atoms with Gasteiger partial charge in [-0.1, -0.05) is 13.3 Å². The monoisotopic (exact) mass is 382 g/mol. The van der Waals surface area contributed by atoms with Gasteiger partial charge in [-0.25, -0.2) is 8.37 Å². The molecule has 0 aliphatic heterocycles. The first-order valence-electron chi connectivity index (χ1n) is 5.51. The molecule has 0 fully saturated rings. The second-order valence-electron chi connectivity index (χ2n) is 4.20. The zero-order valence-electron chi connectivity index (χ0n) is 11.2. The maximum absolute atomic E-state index is 12.2. The van der Waals surface area contributed by atoms with Gasteiger partial charge in [-0.2, -0.15) is 43.2 Å². The van der Waals surface area contributed by atoms with Crippen LogP contribution in [0.4, 0.5) is 26.3 Å². The minimum atomic E-state index is -6.36. The van der Waals surface area contributed by atoms with Gasteiger partial charge in [0.25, 0.3) is 0 Å². The Bertz CT molecular complexity index is 529. The van der Waals surface area contributed by atoms with Gasteiger partial charge >= 0.3 is 31.3 Å². The number of alkyl halides is 6. The summed E-state index contributed by atoms with van der Waals surface area (Å²) in [6.45, 7) is 1.83. The van der Waals surface area contributed by atoms with Crippen molar-refractivity contribution in [3.8, 4) is 0 Å². The third-order valence-electron chi connectivity index (χ3n) is 2.12. The minimum Gasteiger partial charge on any atom is -0.227 e. The molecule has 0 heterocycles. The molecule has 0 aromatic heterocycles. The van der Waals surface area contributed by atoms with Gasteiger partial charge in [0.05, 0.1) is 0 Å². The fourth-order valence-corrected chi connectivity index (χ4v) is 2.55. The van der Waals surface area contributed by atoms with Crippen LogP contribution in [0, 0.1) is 0 Å². The Balaban J connectivity index is 5.63. The molecule has 0 amide bonds. The van der Waals surface area contributed by atoms with Gasteiger partial charge in [0.1, 0.15) is 0 Å². The molecule has 0 saturated carbocycles. The average Bonchev–Trinajstić information content (AvgIpc) is 2.21. The van der Waals surface area contributed by atoms with E-state index < -0.39 is 43.5 Å². The Labute approximate surface area is 122 Å². The maximum Gasteiger partial charge on any atom is 0.523 e. The Kier molecular flexibility index (Phi) is 6.31. The SMILES string of the molecule is CCCCC(C)(OS(=O)(=O)C(F)(F)F)OS(=O)(=O)C(F)(F)F. The molecule has 0 N–H and O–H groups in total. The molecule has 0 unspecified atom stereocenters. The highest BCUT2D eigenvalue weighted by atomic mass is 32.2. The molecule has 0 radical (unpaired) electrons. The first-order valence-corrected chi connectivity index (χ1v) is 8.33. The summed E-state index contributed by atoms with van der Waals surface area (Å²) >= 11 is 0. The molecule has 0 aromatic carbocycles. The second-order valence-corrected chi connectivity index (χ2v) is 7.28. The van der Waals surface area contributed by atoms with Crippen LogP contribution in [0.5, 0.6) is 0 Å². The highest BCUT2D eigenvalue weighted by Crippen LogP contribution is 2.36. The lowest BCUT2D eigenvalue weighted by molar-refractivity contribution is -0.136.